The van der Waals surface area contributed by atoms with E-state index in [1.54, 1.807) is 12.1 Å². The average Bonchev–Trinajstić information content (AvgIpc) is 3.70. The van der Waals surface area contributed by atoms with Gasteiger partial charge in [0.05, 0.1) is 37.7 Å². The van der Waals surface area contributed by atoms with E-state index in [9.17, 15) is 30.0 Å². The quantitative estimate of drug-likeness (QED) is 0.0753. The lowest BCUT2D eigenvalue weighted by Gasteiger charge is -2.48. The van der Waals surface area contributed by atoms with Crippen molar-refractivity contribution in [1.82, 2.24) is 0 Å². The minimum Gasteiger partial charge on any atom is -0.492 e. The minimum atomic E-state index is -2.20. The first-order chi connectivity index (χ1) is 25.9. The molecular weight excluding hydrogens is 710 g/mol. The lowest BCUT2D eigenvalue weighted by atomic mass is 9.79. The summed E-state index contributed by atoms with van der Waals surface area (Å²) in [6.07, 6.45) is -11.9. The zero-order valence-corrected chi connectivity index (χ0v) is 28.9. The van der Waals surface area contributed by atoms with E-state index in [0.717, 1.165) is 21.7 Å². The van der Waals surface area contributed by atoms with E-state index in [-0.39, 0.29) is 31.1 Å². The summed E-state index contributed by atoms with van der Waals surface area (Å²) in [4.78, 5) is 28.3. The average molecular weight is 750 g/mol. The summed E-state index contributed by atoms with van der Waals surface area (Å²) in [7, 11) is 1.48. The molecule has 54 heavy (non-hydrogen) atoms. The molecule has 0 spiro atoms. The highest BCUT2D eigenvalue weighted by molar-refractivity contribution is 5.90. The number of esters is 1. The van der Waals surface area contributed by atoms with Crippen LogP contribution >= 0.6 is 0 Å². The fourth-order valence-electron chi connectivity index (χ4n) is 8.21. The van der Waals surface area contributed by atoms with Crippen molar-refractivity contribution in [2.45, 2.75) is 73.8 Å². The van der Waals surface area contributed by atoms with Gasteiger partial charge in [-0.2, -0.15) is 0 Å². The van der Waals surface area contributed by atoms with E-state index < -0.39 is 73.7 Å². The molecule has 5 aliphatic rings. The van der Waals surface area contributed by atoms with Crippen molar-refractivity contribution in [3.63, 3.8) is 0 Å². The van der Waals surface area contributed by atoms with Crippen LogP contribution in [-0.2, 0) is 25.5 Å². The molecule has 286 valence electrons. The molecule has 0 amide bonds. The first-order valence-electron chi connectivity index (χ1n) is 17.3. The summed E-state index contributed by atoms with van der Waals surface area (Å²) in [5.41, 5.74) is 13.3. The fourth-order valence-corrected chi connectivity index (χ4v) is 8.21. The van der Waals surface area contributed by atoms with Gasteiger partial charge < -0.3 is 70.2 Å². The van der Waals surface area contributed by atoms with E-state index in [1.807, 2.05) is 30.3 Å². The van der Waals surface area contributed by atoms with Crippen LogP contribution in [0.15, 0.2) is 47.5 Å². The number of hydrogen-bond acceptors (Lipinski definition) is 16. The molecule has 0 bridgehead atoms. The summed E-state index contributed by atoms with van der Waals surface area (Å²) in [5.74, 6) is -1.23. The summed E-state index contributed by atoms with van der Waals surface area (Å²) in [5, 5.41) is 55.0. The second-order valence-electron chi connectivity index (χ2n) is 13.8. The highest BCUT2D eigenvalue weighted by Gasteiger charge is 2.60. The van der Waals surface area contributed by atoms with Gasteiger partial charge in [-0.05, 0) is 36.1 Å². The van der Waals surface area contributed by atoms with Crippen molar-refractivity contribution in [1.29, 1.82) is 0 Å². The molecule has 0 saturated carbocycles. The van der Waals surface area contributed by atoms with Gasteiger partial charge in [-0.1, -0.05) is 24.3 Å². The van der Waals surface area contributed by atoms with Gasteiger partial charge in [-0.3, -0.25) is 14.6 Å². The van der Waals surface area contributed by atoms with Gasteiger partial charge in [0.1, 0.15) is 42.3 Å². The van der Waals surface area contributed by atoms with Crippen LogP contribution in [0.1, 0.15) is 47.1 Å². The molecule has 5 aliphatic heterocycles. The number of hydrogen-bond donors (Lipinski definition) is 7. The second kappa shape index (κ2) is 13.7. The van der Waals surface area contributed by atoms with Gasteiger partial charge in [-0.25, -0.2) is 0 Å². The highest BCUT2D eigenvalue weighted by Crippen LogP contribution is 2.59. The smallest absolute Gasteiger partial charge is 0.317 e. The number of rotatable bonds is 9. The molecule has 1 saturated heterocycles. The van der Waals surface area contributed by atoms with Crippen molar-refractivity contribution in [2.24, 2.45) is 16.5 Å². The van der Waals surface area contributed by atoms with Crippen molar-refractivity contribution >= 4 is 17.5 Å². The van der Waals surface area contributed by atoms with E-state index in [1.165, 1.54) is 7.11 Å². The molecule has 1 fully saturated rings. The van der Waals surface area contributed by atoms with Crippen LogP contribution in [0.2, 0.25) is 0 Å². The lowest BCUT2D eigenvalue weighted by Crippen LogP contribution is -2.71. The second-order valence-corrected chi connectivity index (χ2v) is 13.8. The third kappa shape index (κ3) is 5.70. The van der Waals surface area contributed by atoms with Crippen LogP contribution in [0.3, 0.4) is 0 Å². The van der Waals surface area contributed by atoms with Gasteiger partial charge in [0, 0.05) is 28.0 Å². The van der Waals surface area contributed by atoms with Gasteiger partial charge >= 0.3 is 11.9 Å². The highest BCUT2D eigenvalue weighted by atomic mass is 16.7. The van der Waals surface area contributed by atoms with Crippen LogP contribution < -0.4 is 45.7 Å². The van der Waals surface area contributed by atoms with Crippen molar-refractivity contribution in [3.05, 3.63) is 75.3 Å². The molecule has 9 N–H and O–H groups in total. The van der Waals surface area contributed by atoms with Crippen molar-refractivity contribution < 1.29 is 68.3 Å². The molecule has 3 aromatic carbocycles. The largest absolute Gasteiger partial charge is 0.492 e. The third-order valence-corrected chi connectivity index (χ3v) is 10.7. The monoisotopic (exact) mass is 749 g/mol. The fraction of sp³-hybridized carbons (Fsp3) is 0.432. The van der Waals surface area contributed by atoms with Crippen LogP contribution in [-0.4, -0.2) is 107 Å². The molecule has 0 radical (unpaired) electrons. The number of nitrogens with two attached hydrogens (primary N) is 2. The zero-order chi connectivity index (χ0) is 38.1. The minimum absolute atomic E-state index is 0.115. The number of carbonyl (C=O) groups is 2. The maximum absolute atomic E-state index is 12.3. The Hall–Kier alpha value is -5.01. The molecule has 3 aromatic rings. The molecule has 17 nitrogen and oxygen atoms in total. The Bertz CT molecular complexity index is 2140. The van der Waals surface area contributed by atoms with Gasteiger partial charge in [-0.15, -0.1) is 0 Å². The molecular formula is C37H39N3O14. The first kappa shape index (κ1) is 36.0. The predicted octanol–water partition coefficient (Wildman–Crippen LogP) is -1.40. The van der Waals surface area contributed by atoms with E-state index in [4.69, 9.17) is 54.7 Å². The number of nitrogens with zero attached hydrogens (tertiary/aromatic N) is 1. The van der Waals surface area contributed by atoms with Gasteiger partial charge in [0.15, 0.2) is 30.0 Å². The number of para-hydroxylation sites is 1. The summed E-state index contributed by atoms with van der Waals surface area (Å²) in [6.45, 7) is -0.0580. The Labute approximate surface area is 306 Å². The maximum atomic E-state index is 12.3. The number of fused-ring (bicyclic) bond motifs is 8. The molecule has 8 rings (SSSR count). The lowest BCUT2D eigenvalue weighted by molar-refractivity contribution is -0.329. The van der Waals surface area contributed by atoms with E-state index in [0.29, 0.717) is 46.2 Å². The van der Waals surface area contributed by atoms with E-state index in [2.05, 4.69) is 0 Å². The van der Waals surface area contributed by atoms with Gasteiger partial charge in [0.2, 0.25) is 12.0 Å². The third-order valence-electron chi connectivity index (χ3n) is 10.7. The standard InChI is InChI=1S/C37H39N3O14/c1-48-31-21(50-14-41)7-6-16-19-13-49-23-10-22-17(26(27(23)29(19)53-30(16)31)18-12-40-20-5-3-2-4-15(18)20)8-9-37(47)34(46)28(45)32(54-36(37)51-22)33(35(38)39)52-25(44)11-24(42)43/h2-7,10,19,28-29,32-36,41,45-47H,8-9,11-14,38-39H2,1H3,(H,42,43)/t19-,28+,29+,32-,33-,34-,36+,37+/m0/s1. The number of benzene rings is 3. The number of aliphatic hydroxyl groups is 4. The number of aliphatic hydroxyl groups excluding tert-OH is 3. The van der Waals surface area contributed by atoms with E-state index >= 15 is 0 Å². The molecule has 0 aliphatic carbocycles. The maximum Gasteiger partial charge on any atom is 0.317 e. The van der Waals surface area contributed by atoms with Crippen molar-refractivity contribution in [3.8, 4) is 28.7 Å². The number of carboxylic acids is 1. The number of ether oxygens (including phenoxy) is 7. The zero-order valence-electron chi connectivity index (χ0n) is 28.9. The molecule has 5 heterocycles. The molecule has 17 heteroatoms. The summed E-state index contributed by atoms with van der Waals surface area (Å²) >= 11 is 0. The SMILES string of the molecule is COc1c(OCO)ccc2c1O[C@H]1c3c(cc4c(c3C3=c5ccccc5=NC3)CC[C@]3(O)[C@H](O4)O[C@H]([C@H](OC(=O)CC(=O)O)C(N)N)[C@@H](O)[C@@H]3O)OC[C@@H]21. The van der Waals surface area contributed by atoms with Crippen LogP contribution in [0, 0.1) is 0 Å². The molecule has 0 aromatic heterocycles. The number of methoxy groups -OCH3 is 1. The Kier molecular flexibility index (Phi) is 9.12. The van der Waals surface area contributed by atoms with Crippen LogP contribution in [0.25, 0.3) is 5.57 Å². The topological polar surface area (TPSA) is 264 Å². The summed E-state index contributed by atoms with van der Waals surface area (Å²) in [6, 6.07) is 12.9. The number of carbonyl (C=O) groups excluding carboxylic acids is 1. The molecule has 8 atom stereocenters. The first-order valence-corrected chi connectivity index (χ1v) is 17.3. The predicted molar refractivity (Wildman–Crippen MR) is 182 cm³/mol. The number of aliphatic carboxylic acids is 1. The Morgan fingerprint density at radius 1 is 1.11 bits per heavy atom. The van der Waals surface area contributed by atoms with Gasteiger partial charge in [0.25, 0.3) is 0 Å². The Morgan fingerprint density at radius 2 is 1.91 bits per heavy atom. The summed E-state index contributed by atoms with van der Waals surface area (Å²) < 4.78 is 42.0. The van der Waals surface area contributed by atoms with Crippen LogP contribution in [0.4, 0.5) is 0 Å². The van der Waals surface area contributed by atoms with Crippen molar-refractivity contribution in [2.75, 3.05) is 27.1 Å². The van der Waals surface area contributed by atoms with Crippen LogP contribution in [0.5, 0.6) is 28.7 Å². The Balaban J connectivity index is 1.25. The number of carboxylic acid groups (broad SMARTS) is 1. The Morgan fingerprint density at radius 3 is 2.65 bits per heavy atom. The normalized spacial score (nSPS) is 27.9. The molecule has 0 unspecified atom stereocenters.